The number of para-hydroxylation sites is 1. The summed E-state index contributed by atoms with van der Waals surface area (Å²) in [6.45, 7) is 5.28. The zero-order chi connectivity index (χ0) is 13.8. The van der Waals surface area contributed by atoms with Crippen LogP contribution in [0.1, 0.15) is 19.3 Å². The molecule has 0 amide bonds. The van der Waals surface area contributed by atoms with Crippen molar-refractivity contribution in [1.29, 1.82) is 0 Å². The molecule has 1 aromatic rings. The third-order valence-corrected chi connectivity index (χ3v) is 4.33. The Balaban J connectivity index is 1.55. The number of hydrogen-bond acceptors (Lipinski definition) is 2. The molecule has 2 fully saturated rings. The fourth-order valence-corrected chi connectivity index (χ4v) is 2.96. The maximum Gasteiger partial charge on any atom is 0.191 e. The largest absolute Gasteiger partial charge is 0.371 e. The van der Waals surface area contributed by atoms with Crippen molar-refractivity contribution in [1.82, 2.24) is 4.90 Å². The fraction of sp³-hybridized carbons (Fsp3) is 0.562. The van der Waals surface area contributed by atoms with Crippen LogP contribution < -0.4 is 10.6 Å². The Morgan fingerprint density at radius 3 is 2.65 bits per heavy atom. The molecule has 2 saturated heterocycles. The molecule has 108 valence electrons. The van der Waals surface area contributed by atoms with Crippen LogP contribution >= 0.6 is 0 Å². The highest BCUT2D eigenvalue weighted by Crippen LogP contribution is 2.23. The monoisotopic (exact) mass is 272 g/mol. The van der Waals surface area contributed by atoms with Crippen molar-refractivity contribution < 1.29 is 0 Å². The molecule has 0 aliphatic carbocycles. The van der Waals surface area contributed by atoms with Gasteiger partial charge < -0.3 is 15.5 Å². The number of nitrogens with zero attached hydrogens (tertiary/aromatic N) is 3. The smallest absolute Gasteiger partial charge is 0.191 e. The normalized spacial score (nSPS) is 23.6. The lowest BCUT2D eigenvalue weighted by molar-refractivity contribution is 0.294. The maximum absolute atomic E-state index is 6.00. The molecule has 2 aliphatic rings. The molecule has 1 atom stereocenters. The van der Waals surface area contributed by atoms with Crippen LogP contribution in [-0.2, 0) is 0 Å². The van der Waals surface area contributed by atoms with Crippen LogP contribution in [0, 0.1) is 5.92 Å². The topological polar surface area (TPSA) is 44.9 Å². The van der Waals surface area contributed by atoms with Gasteiger partial charge in [-0.2, -0.15) is 0 Å². The summed E-state index contributed by atoms with van der Waals surface area (Å²) in [7, 11) is 0. The molecule has 2 heterocycles. The van der Waals surface area contributed by atoms with E-state index in [0.717, 1.165) is 38.7 Å². The van der Waals surface area contributed by atoms with E-state index >= 15 is 0 Å². The number of aliphatic imine (C=N–C) groups is 1. The van der Waals surface area contributed by atoms with E-state index in [2.05, 4.69) is 45.1 Å². The molecule has 1 unspecified atom stereocenters. The van der Waals surface area contributed by atoms with E-state index in [-0.39, 0.29) is 0 Å². The zero-order valence-corrected chi connectivity index (χ0v) is 12.0. The lowest BCUT2D eigenvalue weighted by Gasteiger charge is -2.35. The number of nitrogens with two attached hydrogens (primary N) is 1. The number of hydrogen-bond donors (Lipinski definition) is 1. The number of likely N-dealkylation sites (tertiary alicyclic amines) is 1. The molecule has 0 spiro atoms. The lowest BCUT2D eigenvalue weighted by atomic mass is 9.97. The van der Waals surface area contributed by atoms with Crippen LogP contribution in [0.2, 0.25) is 0 Å². The van der Waals surface area contributed by atoms with Crippen molar-refractivity contribution in [3.8, 4) is 0 Å². The van der Waals surface area contributed by atoms with Gasteiger partial charge in [0.2, 0.25) is 0 Å². The Labute approximate surface area is 121 Å². The Hall–Kier alpha value is -1.71. The summed E-state index contributed by atoms with van der Waals surface area (Å²) >= 11 is 0. The number of guanidine groups is 1. The van der Waals surface area contributed by atoms with Gasteiger partial charge in [-0.25, -0.2) is 0 Å². The molecular formula is C16H24N4. The summed E-state index contributed by atoms with van der Waals surface area (Å²) in [6.07, 6.45) is 3.76. The minimum Gasteiger partial charge on any atom is -0.371 e. The molecule has 2 aliphatic heterocycles. The number of anilines is 1. The number of benzene rings is 1. The molecule has 0 saturated carbocycles. The van der Waals surface area contributed by atoms with E-state index in [1.165, 1.54) is 24.9 Å². The Morgan fingerprint density at radius 1 is 1.15 bits per heavy atom. The predicted octanol–water partition coefficient (Wildman–Crippen LogP) is 1.92. The summed E-state index contributed by atoms with van der Waals surface area (Å²) in [6, 6.07) is 10.7. The minimum absolute atomic E-state index is 0.629. The van der Waals surface area contributed by atoms with Gasteiger partial charge in [-0.05, 0) is 37.3 Å². The van der Waals surface area contributed by atoms with Gasteiger partial charge in [-0.3, -0.25) is 4.99 Å². The van der Waals surface area contributed by atoms with Gasteiger partial charge in [0.15, 0.2) is 5.96 Å². The van der Waals surface area contributed by atoms with E-state index in [1.54, 1.807) is 0 Å². The highest BCUT2D eigenvalue weighted by atomic mass is 15.3. The van der Waals surface area contributed by atoms with Crippen LogP contribution in [0.25, 0.3) is 0 Å². The van der Waals surface area contributed by atoms with Crippen molar-refractivity contribution in [3.63, 3.8) is 0 Å². The molecule has 0 radical (unpaired) electrons. The molecule has 3 rings (SSSR count). The Kier molecular flexibility index (Phi) is 4.09. The second-order valence-corrected chi connectivity index (χ2v) is 5.83. The first-order chi connectivity index (χ1) is 9.83. The van der Waals surface area contributed by atoms with E-state index in [9.17, 15) is 0 Å². The van der Waals surface area contributed by atoms with Crippen molar-refractivity contribution in [2.45, 2.75) is 19.3 Å². The van der Waals surface area contributed by atoms with E-state index in [1.807, 2.05) is 0 Å². The van der Waals surface area contributed by atoms with Crippen molar-refractivity contribution >= 4 is 11.6 Å². The second kappa shape index (κ2) is 6.16. The maximum atomic E-state index is 6.00. The summed E-state index contributed by atoms with van der Waals surface area (Å²) in [4.78, 5) is 9.23. The van der Waals surface area contributed by atoms with Crippen molar-refractivity contribution in [2.24, 2.45) is 16.6 Å². The first kappa shape index (κ1) is 13.3. The van der Waals surface area contributed by atoms with Crippen molar-refractivity contribution in [3.05, 3.63) is 30.3 Å². The second-order valence-electron chi connectivity index (χ2n) is 5.83. The molecular weight excluding hydrogens is 248 g/mol. The van der Waals surface area contributed by atoms with E-state index in [0.29, 0.717) is 5.92 Å². The quantitative estimate of drug-likeness (QED) is 0.675. The molecule has 0 aromatic heterocycles. The highest BCUT2D eigenvalue weighted by molar-refractivity contribution is 5.78. The van der Waals surface area contributed by atoms with Crippen molar-refractivity contribution in [2.75, 3.05) is 37.6 Å². The first-order valence-electron chi connectivity index (χ1n) is 7.68. The van der Waals surface area contributed by atoms with Gasteiger partial charge in [0.05, 0.1) is 0 Å². The van der Waals surface area contributed by atoms with Gasteiger partial charge in [-0.15, -0.1) is 0 Å². The van der Waals surface area contributed by atoms with E-state index < -0.39 is 0 Å². The average Bonchev–Trinajstić information content (AvgIpc) is 2.45. The Bertz CT molecular complexity index is 453. The minimum atomic E-state index is 0.629. The predicted molar refractivity (Wildman–Crippen MR) is 84.1 cm³/mol. The third kappa shape index (κ3) is 3.06. The summed E-state index contributed by atoms with van der Waals surface area (Å²) in [5.41, 5.74) is 7.33. The van der Waals surface area contributed by atoms with Crippen LogP contribution in [0.15, 0.2) is 35.3 Å². The van der Waals surface area contributed by atoms with Crippen LogP contribution in [0.4, 0.5) is 5.69 Å². The molecule has 20 heavy (non-hydrogen) atoms. The molecule has 4 nitrogen and oxygen atoms in total. The highest BCUT2D eigenvalue weighted by Gasteiger charge is 2.21. The molecule has 1 aromatic carbocycles. The van der Waals surface area contributed by atoms with E-state index in [4.69, 9.17) is 5.73 Å². The molecule has 4 heteroatoms. The lowest BCUT2D eigenvalue weighted by Crippen LogP contribution is -2.46. The van der Waals surface area contributed by atoms with Crippen LogP contribution in [0.5, 0.6) is 0 Å². The summed E-state index contributed by atoms with van der Waals surface area (Å²) in [5, 5.41) is 0. The first-order valence-corrected chi connectivity index (χ1v) is 7.68. The number of piperidine rings is 1. The standard InChI is InChI=1S/C16H24N4/c17-16(19-10-5-11-19)18-12-14-6-4-9-20(13-14)15-7-2-1-3-8-15/h1-3,7-8,14H,4-6,9-13H2,(H2,17,18). The fourth-order valence-electron chi connectivity index (χ4n) is 2.96. The van der Waals surface area contributed by atoms with Gasteiger partial charge in [0.25, 0.3) is 0 Å². The average molecular weight is 272 g/mol. The summed E-state index contributed by atoms with van der Waals surface area (Å²) in [5.74, 6) is 1.37. The van der Waals surface area contributed by atoms with Crippen LogP contribution in [0.3, 0.4) is 0 Å². The molecule has 0 bridgehead atoms. The van der Waals surface area contributed by atoms with Crippen LogP contribution in [-0.4, -0.2) is 43.6 Å². The number of rotatable bonds is 3. The summed E-state index contributed by atoms with van der Waals surface area (Å²) < 4.78 is 0. The third-order valence-electron chi connectivity index (χ3n) is 4.33. The SMILES string of the molecule is NC(=NCC1CCCN(c2ccccc2)C1)N1CCC1. The van der Waals surface area contributed by atoms with Gasteiger partial charge in [0, 0.05) is 38.4 Å². The molecule has 2 N–H and O–H groups in total. The van der Waals surface area contributed by atoms with Gasteiger partial charge in [0.1, 0.15) is 0 Å². The Morgan fingerprint density at radius 2 is 1.95 bits per heavy atom. The van der Waals surface area contributed by atoms with Gasteiger partial charge >= 0.3 is 0 Å². The zero-order valence-electron chi connectivity index (χ0n) is 12.0. The van der Waals surface area contributed by atoms with Gasteiger partial charge in [-0.1, -0.05) is 18.2 Å².